The zero-order valence-corrected chi connectivity index (χ0v) is 10.00. The van der Waals surface area contributed by atoms with Crippen LogP contribution < -0.4 is 10.1 Å². The summed E-state index contributed by atoms with van der Waals surface area (Å²) in [6, 6.07) is 5.59. The van der Waals surface area contributed by atoms with Gasteiger partial charge in [0.1, 0.15) is 11.3 Å². The van der Waals surface area contributed by atoms with Crippen LogP contribution in [-0.2, 0) is 4.79 Å². The van der Waals surface area contributed by atoms with Gasteiger partial charge in [0, 0.05) is 0 Å². The number of carbonyl (C=O) groups is 1. The first-order valence-corrected chi connectivity index (χ1v) is 5.03. The van der Waals surface area contributed by atoms with Gasteiger partial charge in [-0.1, -0.05) is 6.07 Å². The average Bonchev–Trinajstić information content (AvgIpc) is 2.17. The summed E-state index contributed by atoms with van der Waals surface area (Å²) in [7, 11) is 1.56. The first-order chi connectivity index (χ1) is 7.36. The van der Waals surface area contributed by atoms with E-state index in [1.807, 2.05) is 25.1 Å². The minimum Gasteiger partial charge on any atom is -0.495 e. The Morgan fingerprint density at radius 1 is 1.44 bits per heavy atom. The Balaban J connectivity index is 3.04. The molecular weight excluding hydrogens is 206 g/mol. The SMILES string of the molecule is COc1ccc(C)cc1NC(C)(C)C(=O)O. The maximum Gasteiger partial charge on any atom is 0.328 e. The standard InChI is InChI=1S/C12H17NO3/c1-8-5-6-10(16-4)9(7-8)13-12(2,3)11(14)15/h5-7,13H,1-4H3,(H,14,15). The number of aliphatic carboxylic acids is 1. The van der Waals surface area contributed by atoms with Gasteiger partial charge in [0.15, 0.2) is 0 Å². The second kappa shape index (κ2) is 4.43. The molecule has 1 rings (SSSR count). The minimum atomic E-state index is -1.03. The van der Waals surface area contributed by atoms with Crippen LogP contribution in [0.4, 0.5) is 5.69 Å². The topological polar surface area (TPSA) is 58.6 Å². The number of rotatable bonds is 4. The molecule has 2 N–H and O–H groups in total. The summed E-state index contributed by atoms with van der Waals surface area (Å²) in [5.74, 6) is -0.268. The van der Waals surface area contributed by atoms with Gasteiger partial charge in [0.05, 0.1) is 12.8 Å². The Hall–Kier alpha value is -1.71. The van der Waals surface area contributed by atoms with Crippen molar-refractivity contribution < 1.29 is 14.6 Å². The van der Waals surface area contributed by atoms with Crippen LogP contribution in [0, 0.1) is 6.92 Å². The molecule has 0 amide bonds. The van der Waals surface area contributed by atoms with Gasteiger partial charge in [-0.3, -0.25) is 0 Å². The molecule has 4 nitrogen and oxygen atoms in total. The number of hydrogen-bond acceptors (Lipinski definition) is 3. The van der Waals surface area contributed by atoms with E-state index < -0.39 is 11.5 Å². The number of aryl methyl sites for hydroxylation is 1. The van der Waals surface area contributed by atoms with E-state index in [-0.39, 0.29) is 0 Å². The molecule has 0 atom stereocenters. The largest absolute Gasteiger partial charge is 0.495 e. The highest BCUT2D eigenvalue weighted by Crippen LogP contribution is 2.28. The third-order valence-electron chi connectivity index (χ3n) is 2.34. The van der Waals surface area contributed by atoms with Crippen molar-refractivity contribution in [1.82, 2.24) is 0 Å². The van der Waals surface area contributed by atoms with Crippen LogP contribution in [0.5, 0.6) is 5.75 Å². The molecular formula is C12H17NO3. The zero-order valence-electron chi connectivity index (χ0n) is 10.00. The van der Waals surface area contributed by atoms with Crippen molar-refractivity contribution in [1.29, 1.82) is 0 Å². The summed E-state index contributed by atoms with van der Waals surface area (Å²) in [5, 5.41) is 12.0. The Kier molecular flexibility index (Phi) is 3.42. The highest BCUT2D eigenvalue weighted by atomic mass is 16.5. The lowest BCUT2D eigenvalue weighted by Gasteiger charge is -2.24. The number of methoxy groups -OCH3 is 1. The summed E-state index contributed by atoms with van der Waals surface area (Å²) >= 11 is 0. The monoisotopic (exact) mass is 223 g/mol. The van der Waals surface area contributed by atoms with E-state index in [1.165, 1.54) is 0 Å². The average molecular weight is 223 g/mol. The molecule has 0 saturated heterocycles. The van der Waals surface area contributed by atoms with E-state index in [0.29, 0.717) is 11.4 Å². The van der Waals surface area contributed by atoms with Gasteiger partial charge in [-0.2, -0.15) is 0 Å². The van der Waals surface area contributed by atoms with Crippen LogP contribution in [0.15, 0.2) is 18.2 Å². The molecule has 0 fully saturated rings. The van der Waals surface area contributed by atoms with E-state index in [1.54, 1.807) is 21.0 Å². The number of carboxylic acid groups (broad SMARTS) is 1. The van der Waals surface area contributed by atoms with E-state index in [2.05, 4.69) is 5.32 Å². The van der Waals surface area contributed by atoms with Crippen molar-refractivity contribution in [2.24, 2.45) is 0 Å². The fourth-order valence-electron chi connectivity index (χ4n) is 1.31. The molecule has 0 bridgehead atoms. The molecule has 0 aliphatic rings. The van der Waals surface area contributed by atoms with Crippen molar-refractivity contribution in [2.75, 3.05) is 12.4 Å². The van der Waals surface area contributed by atoms with E-state index in [9.17, 15) is 4.79 Å². The maximum atomic E-state index is 11.0. The molecule has 1 aromatic carbocycles. The Labute approximate surface area is 95.2 Å². The second-order valence-corrected chi connectivity index (χ2v) is 4.26. The van der Waals surface area contributed by atoms with Crippen LogP contribution in [0.1, 0.15) is 19.4 Å². The number of hydrogen-bond donors (Lipinski definition) is 2. The molecule has 0 aliphatic carbocycles. The van der Waals surface area contributed by atoms with Gasteiger partial charge in [-0.15, -0.1) is 0 Å². The Morgan fingerprint density at radius 3 is 2.56 bits per heavy atom. The van der Waals surface area contributed by atoms with Gasteiger partial charge >= 0.3 is 5.97 Å². The quantitative estimate of drug-likeness (QED) is 0.822. The second-order valence-electron chi connectivity index (χ2n) is 4.26. The lowest BCUT2D eigenvalue weighted by molar-refractivity contribution is -0.141. The predicted molar refractivity (Wildman–Crippen MR) is 63.1 cm³/mol. The molecule has 0 heterocycles. The van der Waals surface area contributed by atoms with Gasteiger partial charge in [-0.05, 0) is 38.5 Å². The zero-order chi connectivity index (χ0) is 12.3. The first kappa shape index (κ1) is 12.4. The normalized spacial score (nSPS) is 11.0. The van der Waals surface area contributed by atoms with Gasteiger partial charge in [-0.25, -0.2) is 4.79 Å². The Morgan fingerprint density at radius 2 is 2.06 bits per heavy atom. The highest BCUT2D eigenvalue weighted by molar-refractivity contribution is 5.82. The summed E-state index contributed by atoms with van der Waals surface area (Å²) in [5.41, 5.74) is 0.709. The highest BCUT2D eigenvalue weighted by Gasteiger charge is 2.27. The van der Waals surface area contributed by atoms with E-state index in [4.69, 9.17) is 9.84 Å². The van der Waals surface area contributed by atoms with Crippen molar-refractivity contribution in [2.45, 2.75) is 26.3 Å². The van der Waals surface area contributed by atoms with E-state index >= 15 is 0 Å². The van der Waals surface area contributed by atoms with Crippen LogP contribution in [-0.4, -0.2) is 23.7 Å². The molecule has 0 aromatic heterocycles. The fraction of sp³-hybridized carbons (Fsp3) is 0.417. The third-order valence-corrected chi connectivity index (χ3v) is 2.34. The fourth-order valence-corrected chi connectivity index (χ4v) is 1.31. The van der Waals surface area contributed by atoms with Crippen LogP contribution in [0.2, 0.25) is 0 Å². The maximum absolute atomic E-state index is 11.0. The molecule has 4 heteroatoms. The smallest absolute Gasteiger partial charge is 0.328 e. The number of anilines is 1. The number of nitrogens with one attached hydrogen (secondary N) is 1. The minimum absolute atomic E-state index is 0.639. The molecule has 88 valence electrons. The van der Waals surface area contributed by atoms with Crippen molar-refractivity contribution in [3.63, 3.8) is 0 Å². The van der Waals surface area contributed by atoms with Crippen molar-refractivity contribution in [3.05, 3.63) is 23.8 Å². The lowest BCUT2D eigenvalue weighted by atomic mass is 10.0. The van der Waals surface area contributed by atoms with Crippen LogP contribution in [0.25, 0.3) is 0 Å². The molecule has 16 heavy (non-hydrogen) atoms. The van der Waals surface area contributed by atoms with Crippen molar-refractivity contribution in [3.8, 4) is 5.75 Å². The summed E-state index contributed by atoms with van der Waals surface area (Å²) in [6.07, 6.45) is 0. The molecule has 0 spiro atoms. The summed E-state index contributed by atoms with van der Waals surface area (Å²) < 4.78 is 5.17. The lowest BCUT2D eigenvalue weighted by Crippen LogP contribution is -2.40. The number of carboxylic acids is 1. The van der Waals surface area contributed by atoms with Crippen LogP contribution in [0.3, 0.4) is 0 Å². The Bertz CT molecular complexity index is 399. The summed E-state index contributed by atoms with van der Waals surface area (Å²) in [6.45, 7) is 5.16. The summed E-state index contributed by atoms with van der Waals surface area (Å²) in [4.78, 5) is 11.0. The van der Waals surface area contributed by atoms with Crippen molar-refractivity contribution >= 4 is 11.7 Å². The van der Waals surface area contributed by atoms with Gasteiger partial charge in [0.25, 0.3) is 0 Å². The molecule has 0 radical (unpaired) electrons. The van der Waals surface area contributed by atoms with E-state index in [0.717, 1.165) is 5.56 Å². The molecule has 0 aliphatic heterocycles. The molecule has 1 aromatic rings. The number of ether oxygens (including phenoxy) is 1. The number of benzene rings is 1. The predicted octanol–water partition coefficient (Wildman–Crippen LogP) is 2.28. The first-order valence-electron chi connectivity index (χ1n) is 5.03. The van der Waals surface area contributed by atoms with Gasteiger partial charge in [0.2, 0.25) is 0 Å². The molecule has 0 saturated carbocycles. The van der Waals surface area contributed by atoms with Crippen LogP contribution >= 0.6 is 0 Å². The molecule has 0 unspecified atom stereocenters. The van der Waals surface area contributed by atoms with Gasteiger partial charge < -0.3 is 15.2 Å². The third kappa shape index (κ3) is 2.66.